The van der Waals surface area contributed by atoms with E-state index in [4.69, 9.17) is 14.2 Å². The van der Waals surface area contributed by atoms with Crippen molar-refractivity contribution < 1.29 is 53.2 Å². The SMILES string of the molecule is COC(=C(C(C)C)C(C)C)C1CCCC(OP(=O)([O-])O)C1.[Na+].[Na]. The van der Waals surface area contributed by atoms with Gasteiger partial charge >= 0.3 is 29.6 Å². The molecule has 0 heterocycles. The summed E-state index contributed by atoms with van der Waals surface area (Å²) < 4.78 is 21.4. The summed E-state index contributed by atoms with van der Waals surface area (Å²) in [6, 6.07) is 0. The van der Waals surface area contributed by atoms with Crippen molar-refractivity contribution in [1.29, 1.82) is 0 Å². The van der Waals surface area contributed by atoms with E-state index in [-0.39, 0.29) is 65.0 Å². The van der Waals surface area contributed by atoms with E-state index >= 15 is 0 Å². The molecule has 1 aliphatic carbocycles. The van der Waals surface area contributed by atoms with Crippen molar-refractivity contribution in [2.45, 2.75) is 59.5 Å². The van der Waals surface area contributed by atoms with Crippen LogP contribution in [-0.2, 0) is 13.8 Å². The second-order valence-corrected chi connectivity index (χ2v) is 7.54. The van der Waals surface area contributed by atoms with Gasteiger partial charge in [0.25, 0.3) is 7.82 Å². The summed E-state index contributed by atoms with van der Waals surface area (Å²) >= 11 is 0. The Morgan fingerprint density at radius 2 is 1.74 bits per heavy atom. The topological polar surface area (TPSA) is 78.8 Å². The van der Waals surface area contributed by atoms with Gasteiger partial charge < -0.3 is 19.0 Å². The van der Waals surface area contributed by atoms with Crippen molar-refractivity contribution in [2.75, 3.05) is 7.11 Å². The minimum Gasteiger partial charge on any atom is -0.756 e. The normalized spacial score (nSPS) is 23.5. The van der Waals surface area contributed by atoms with E-state index in [9.17, 15) is 9.46 Å². The zero-order valence-corrected chi connectivity index (χ0v) is 20.6. The largest absolute Gasteiger partial charge is 1.00 e. The molecule has 1 fully saturated rings. The number of ether oxygens (including phenoxy) is 1. The molecular weight excluding hydrogens is 337 g/mol. The number of rotatable bonds is 6. The molecular formula is C15H28Na2O5P. The van der Waals surface area contributed by atoms with Crippen LogP contribution >= 0.6 is 7.82 Å². The summed E-state index contributed by atoms with van der Waals surface area (Å²) in [7, 11) is -2.99. The van der Waals surface area contributed by atoms with E-state index in [1.54, 1.807) is 7.11 Å². The minimum atomic E-state index is -4.67. The van der Waals surface area contributed by atoms with Crippen LogP contribution in [0.3, 0.4) is 0 Å². The molecule has 3 unspecified atom stereocenters. The molecule has 0 aliphatic heterocycles. The molecule has 0 aromatic rings. The minimum absolute atomic E-state index is 0. The van der Waals surface area contributed by atoms with Gasteiger partial charge in [-0.15, -0.1) is 0 Å². The molecule has 0 amide bonds. The molecule has 5 nitrogen and oxygen atoms in total. The van der Waals surface area contributed by atoms with Gasteiger partial charge in [0, 0.05) is 35.5 Å². The van der Waals surface area contributed by atoms with E-state index in [1.807, 2.05) is 0 Å². The zero-order chi connectivity index (χ0) is 16.2. The Bertz CT molecular complexity index is 410. The van der Waals surface area contributed by atoms with Gasteiger partial charge in [-0.3, -0.25) is 4.57 Å². The van der Waals surface area contributed by atoms with Crippen LogP contribution in [0.1, 0.15) is 53.4 Å². The Balaban J connectivity index is 0. The molecule has 1 N–H and O–H groups in total. The number of phosphoric acid groups is 1. The van der Waals surface area contributed by atoms with Crippen molar-refractivity contribution in [3.05, 3.63) is 11.3 Å². The Morgan fingerprint density at radius 1 is 1.22 bits per heavy atom. The van der Waals surface area contributed by atoms with Crippen LogP contribution in [0.5, 0.6) is 0 Å². The van der Waals surface area contributed by atoms with Crippen molar-refractivity contribution in [2.24, 2.45) is 17.8 Å². The number of allylic oxidation sites excluding steroid dienone is 2. The number of hydrogen-bond acceptors (Lipinski definition) is 4. The molecule has 0 spiro atoms. The molecule has 1 radical (unpaired) electrons. The van der Waals surface area contributed by atoms with E-state index in [0.29, 0.717) is 24.7 Å². The summed E-state index contributed by atoms with van der Waals surface area (Å²) in [4.78, 5) is 19.8. The average Bonchev–Trinajstić information content (AvgIpc) is 2.32. The predicted octanol–water partition coefficient (Wildman–Crippen LogP) is -0.142. The fourth-order valence-corrected chi connectivity index (χ4v) is 3.99. The molecule has 0 aromatic carbocycles. The second kappa shape index (κ2) is 12.1. The maximum Gasteiger partial charge on any atom is 1.00 e. The fourth-order valence-electron chi connectivity index (χ4n) is 3.42. The van der Waals surface area contributed by atoms with Crippen molar-refractivity contribution in [1.82, 2.24) is 0 Å². The first kappa shape index (κ1) is 26.9. The molecule has 8 heteroatoms. The van der Waals surface area contributed by atoms with Gasteiger partial charge in [0.15, 0.2) is 0 Å². The third-order valence-corrected chi connectivity index (χ3v) is 4.59. The monoisotopic (exact) mass is 365 g/mol. The Morgan fingerprint density at radius 3 is 2.13 bits per heavy atom. The molecule has 1 aliphatic rings. The first-order valence-corrected chi connectivity index (χ1v) is 9.15. The summed E-state index contributed by atoms with van der Waals surface area (Å²) in [5, 5.41) is 0. The standard InChI is InChI=1S/C15H29O5P.2Na/c1-10(2)14(11(3)4)15(19-5)12-7-6-8-13(9-12)20-21(16,17)18;;/h10-13H,6-9H2,1-5H3,(H2,16,17,18);;/q;;+1/p-1. The van der Waals surface area contributed by atoms with Crippen molar-refractivity contribution in [3.63, 3.8) is 0 Å². The van der Waals surface area contributed by atoms with Gasteiger partial charge in [-0.1, -0.05) is 34.1 Å². The Labute approximate surface area is 184 Å². The third kappa shape index (κ3) is 9.23. The van der Waals surface area contributed by atoms with Gasteiger partial charge in [-0.25, -0.2) is 0 Å². The summed E-state index contributed by atoms with van der Waals surface area (Å²) in [5.74, 6) is 1.88. The summed E-state index contributed by atoms with van der Waals surface area (Å²) in [6.45, 7) is 8.57. The first-order valence-electron chi connectivity index (χ1n) is 7.65. The molecule has 3 atom stereocenters. The van der Waals surface area contributed by atoms with Gasteiger partial charge in [-0.2, -0.15) is 0 Å². The van der Waals surface area contributed by atoms with Gasteiger partial charge in [0.1, 0.15) is 0 Å². The van der Waals surface area contributed by atoms with Crippen LogP contribution in [0.2, 0.25) is 0 Å². The number of hydrogen-bond donors (Lipinski definition) is 1. The second-order valence-electron chi connectivity index (χ2n) is 6.39. The van der Waals surface area contributed by atoms with Crippen LogP contribution in [0.4, 0.5) is 0 Å². The number of phosphoric ester groups is 1. The van der Waals surface area contributed by atoms with Crippen LogP contribution in [-0.4, -0.2) is 47.7 Å². The molecule has 125 valence electrons. The average molecular weight is 365 g/mol. The summed E-state index contributed by atoms with van der Waals surface area (Å²) in [6.07, 6.45) is 2.59. The maximum atomic E-state index is 10.9. The van der Waals surface area contributed by atoms with E-state index in [2.05, 4.69) is 27.7 Å². The van der Waals surface area contributed by atoms with Crippen LogP contribution < -0.4 is 34.5 Å². The molecule has 0 aromatic heterocycles. The van der Waals surface area contributed by atoms with Crippen LogP contribution in [0.15, 0.2) is 11.3 Å². The van der Waals surface area contributed by atoms with E-state index < -0.39 is 13.9 Å². The predicted molar refractivity (Wildman–Crippen MR) is 86.1 cm³/mol. The molecule has 23 heavy (non-hydrogen) atoms. The van der Waals surface area contributed by atoms with E-state index in [0.717, 1.165) is 18.6 Å². The van der Waals surface area contributed by atoms with Gasteiger partial charge in [0.05, 0.1) is 19.0 Å². The van der Waals surface area contributed by atoms with Crippen LogP contribution in [0, 0.1) is 17.8 Å². The third-order valence-electron chi connectivity index (χ3n) is 4.03. The van der Waals surface area contributed by atoms with Gasteiger partial charge in [0.2, 0.25) is 0 Å². The quantitative estimate of drug-likeness (QED) is 0.403. The summed E-state index contributed by atoms with van der Waals surface area (Å²) in [5.41, 5.74) is 1.28. The van der Waals surface area contributed by atoms with E-state index in [1.165, 1.54) is 5.57 Å². The first-order chi connectivity index (χ1) is 9.65. The smallest absolute Gasteiger partial charge is 0.756 e. The number of methoxy groups -OCH3 is 1. The zero-order valence-electron chi connectivity index (χ0n) is 15.7. The molecule has 0 saturated heterocycles. The molecule has 0 bridgehead atoms. The maximum absolute atomic E-state index is 10.9. The van der Waals surface area contributed by atoms with Crippen molar-refractivity contribution in [3.8, 4) is 0 Å². The fraction of sp³-hybridized carbons (Fsp3) is 0.867. The molecule has 1 saturated carbocycles. The Kier molecular flexibility index (Phi) is 14.2. The molecule has 1 rings (SSSR count). The van der Waals surface area contributed by atoms with Crippen molar-refractivity contribution >= 4 is 37.4 Å². The van der Waals surface area contributed by atoms with Gasteiger partial charge in [-0.05, 0) is 36.7 Å². The Hall–Kier alpha value is 1.65. The van der Waals surface area contributed by atoms with Crippen LogP contribution in [0.25, 0.3) is 0 Å².